The first kappa shape index (κ1) is 16.7. The molecule has 20 heavy (non-hydrogen) atoms. The topological polar surface area (TPSA) is 104 Å². The molecular weight excluding hydrogens is 284 g/mol. The van der Waals surface area contributed by atoms with Crippen molar-refractivity contribution in [2.24, 2.45) is 0 Å². The maximum absolute atomic E-state index is 12.0. The van der Waals surface area contributed by atoms with Crippen LogP contribution >= 0.6 is 0 Å². The number of hydrogen-bond donors (Lipinski definition) is 2. The molecule has 8 heteroatoms. The molecule has 0 radical (unpaired) electrons. The number of carbonyl (C=O) groups excluding carboxylic acids is 1. The summed E-state index contributed by atoms with van der Waals surface area (Å²) >= 11 is 0. The number of amides is 2. The fraction of sp³-hybridized carbons (Fsp3) is 0.833. The minimum Gasteiger partial charge on any atom is -0.480 e. The molecule has 1 rings (SSSR count). The number of carboxylic acid groups (broad SMARTS) is 1. The predicted octanol–water partition coefficient (Wildman–Crippen LogP) is 0.460. The molecule has 1 aliphatic carbocycles. The average molecular weight is 306 g/mol. The zero-order valence-corrected chi connectivity index (χ0v) is 12.5. The van der Waals surface area contributed by atoms with Gasteiger partial charge in [-0.05, 0) is 12.8 Å². The zero-order chi connectivity index (χ0) is 15.2. The highest BCUT2D eigenvalue weighted by Gasteiger charge is 2.28. The van der Waals surface area contributed by atoms with E-state index in [-0.39, 0.29) is 30.6 Å². The van der Waals surface area contributed by atoms with E-state index in [1.165, 1.54) is 4.90 Å². The van der Waals surface area contributed by atoms with Crippen molar-refractivity contribution in [3.05, 3.63) is 0 Å². The van der Waals surface area contributed by atoms with Gasteiger partial charge in [-0.2, -0.15) is 0 Å². The van der Waals surface area contributed by atoms with E-state index in [9.17, 15) is 18.0 Å². The van der Waals surface area contributed by atoms with Crippen molar-refractivity contribution in [1.29, 1.82) is 0 Å². The van der Waals surface area contributed by atoms with E-state index in [0.29, 0.717) is 0 Å². The van der Waals surface area contributed by atoms with Crippen molar-refractivity contribution in [1.82, 2.24) is 10.2 Å². The van der Waals surface area contributed by atoms with Crippen LogP contribution in [0.5, 0.6) is 0 Å². The van der Waals surface area contributed by atoms with Gasteiger partial charge in [-0.1, -0.05) is 19.8 Å². The van der Waals surface area contributed by atoms with Crippen molar-refractivity contribution in [2.45, 2.75) is 38.6 Å². The predicted molar refractivity (Wildman–Crippen MR) is 74.3 cm³/mol. The van der Waals surface area contributed by atoms with Crippen molar-refractivity contribution in [3.8, 4) is 0 Å². The largest absolute Gasteiger partial charge is 0.480 e. The van der Waals surface area contributed by atoms with Crippen molar-refractivity contribution in [2.75, 3.05) is 24.6 Å². The SMILES string of the molecule is CCS(=O)(=O)CCNC(=O)N(CC(=O)O)C1CCCC1. The summed E-state index contributed by atoms with van der Waals surface area (Å²) in [6.07, 6.45) is 3.57. The van der Waals surface area contributed by atoms with Gasteiger partial charge in [0.2, 0.25) is 0 Å². The van der Waals surface area contributed by atoms with Crippen LogP contribution in [-0.2, 0) is 14.6 Å². The monoisotopic (exact) mass is 306 g/mol. The molecule has 1 saturated carbocycles. The highest BCUT2D eigenvalue weighted by atomic mass is 32.2. The quantitative estimate of drug-likeness (QED) is 0.711. The molecule has 0 aromatic carbocycles. The summed E-state index contributed by atoms with van der Waals surface area (Å²) in [4.78, 5) is 24.1. The second-order valence-electron chi connectivity index (χ2n) is 4.93. The Labute approximate surface area is 119 Å². The lowest BCUT2D eigenvalue weighted by molar-refractivity contribution is -0.138. The summed E-state index contributed by atoms with van der Waals surface area (Å²) in [5.74, 6) is -1.15. The number of aliphatic carboxylic acids is 1. The molecule has 0 aliphatic heterocycles. The third kappa shape index (κ3) is 5.36. The number of sulfone groups is 1. The Morgan fingerprint density at radius 3 is 2.40 bits per heavy atom. The van der Waals surface area contributed by atoms with Crippen LogP contribution in [-0.4, -0.2) is 61.1 Å². The Morgan fingerprint density at radius 2 is 1.90 bits per heavy atom. The Morgan fingerprint density at radius 1 is 1.30 bits per heavy atom. The number of nitrogens with one attached hydrogen (secondary N) is 1. The molecule has 0 spiro atoms. The Hall–Kier alpha value is -1.31. The van der Waals surface area contributed by atoms with Gasteiger partial charge in [0.15, 0.2) is 9.84 Å². The normalized spacial score (nSPS) is 16.1. The van der Waals surface area contributed by atoms with E-state index < -0.39 is 21.8 Å². The second-order valence-corrected chi connectivity index (χ2v) is 7.40. The molecule has 0 bridgehead atoms. The van der Waals surface area contributed by atoms with Crippen LogP contribution in [0.25, 0.3) is 0 Å². The molecule has 1 aliphatic rings. The summed E-state index contributed by atoms with van der Waals surface area (Å²) in [6.45, 7) is 1.21. The van der Waals surface area contributed by atoms with Crippen LogP contribution in [0.3, 0.4) is 0 Å². The van der Waals surface area contributed by atoms with E-state index in [4.69, 9.17) is 5.11 Å². The van der Waals surface area contributed by atoms with Crippen LogP contribution < -0.4 is 5.32 Å². The summed E-state index contributed by atoms with van der Waals surface area (Å²) < 4.78 is 22.7. The molecule has 0 saturated heterocycles. The van der Waals surface area contributed by atoms with Crippen molar-refractivity contribution >= 4 is 21.8 Å². The van der Waals surface area contributed by atoms with Gasteiger partial charge in [-0.25, -0.2) is 13.2 Å². The summed E-state index contributed by atoms with van der Waals surface area (Å²) in [5.41, 5.74) is 0. The van der Waals surface area contributed by atoms with E-state index in [1.807, 2.05) is 0 Å². The maximum atomic E-state index is 12.0. The number of hydrogen-bond acceptors (Lipinski definition) is 4. The van der Waals surface area contributed by atoms with Gasteiger partial charge in [0.05, 0.1) is 5.75 Å². The molecule has 116 valence electrons. The third-order valence-electron chi connectivity index (χ3n) is 3.46. The third-order valence-corrected chi connectivity index (χ3v) is 5.17. The van der Waals surface area contributed by atoms with E-state index in [2.05, 4.69) is 5.32 Å². The van der Waals surface area contributed by atoms with Gasteiger partial charge in [-0.3, -0.25) is 4.79 Å². The summed E-state index contributed by atoms with van der Waals surface area (Å²) in [7, 11) is -3.13. The lowest BCUT2D eigenvalue weighted by atomic mass is 10.2. The fourth-order valence-electron chi connectivity index (χ4n) is 2.29. The smallest absolute Gasteiger partial charge is 0.323 e. The molecule has 2 N–H and O–H groups in total. The van der Waals surface area contributed by atoms with Crippen LogP contribution in [0, 0.1) is 0 Å². The zero-order valence-electron chi connectivity index (χ0n) is 11.7. The number of nitrogens with zero attached hydrogens (tertiary/aromatic N) is 1. The van der Waals surface area contributed by atoms with Gasteiger partial charge < -0.3 is 15.3 Å². The van der Waals surface area contributed by atoms with Crippen LogP contribution in [0.4, 0.5) is 4.79 Å². The van der Waals surface area contributed by atoms with Gasteiger partial charge in [0, 0.05) is 18.3 Å². The number of carbonyl (C=O) groups is 2. The number of urea groups is 1. The van der Waals surface area contributed by atoms with E-state index >= 15 is 0 Å². The molecule has 0 heterocycles. The highest BCUT2D eigenvalue weighted by Crippen LogP contribution is 2.23. The van der Waals surface area contributed by atoms with E-state index in [0.717, 1.165) is 25.7 Å². The second kappa shape index (κ2) is 7.47. The standard InChI is InChI=1S/C12H22N2O5S/c1-2-20(18,19)8-7-13-12(17)14(9-11(15)16)10-5-3-4-6-10/h10H,2-9H2,1H3,(H,13,17)(H,15,16). The Bertz CT molecular complexity index is 443. The number of rotatable bonds is 7. The molecule has 2 amide bonds. The molecule has 0 unspecified atom stereocenters. The van der Waals surface area contributed by atoms with Gasteiger partial charge in [0.25, 0.3) is 0 Å². The first-order valence-electron chi connectivity index (χ1n) is 6.82. The Balaban J connectivity index is 2.52. The highest BCUT2D eigenvalue weighted by molar-refractivity contribution is 7.91. The first-order chi connectivity index (χ1) is 9.35. The van der Waals surface area contributed by atoms with Crippen LogP contribution in [0.1, 0.15) is 32.6 Å². The van der Waals surface area contributed by atoms with Crippen LogP contribution in [0.15, 0.2) is 0 Å². The van der Waals surface area contributed by atoms with Crippen LogP contribution in [0.2, 0.25) is 0 Å². The van der Waals surface area contributed by atoms with Crippen molar-refractivity contribution < 1.29 is 23.1 Å². The molecular formula is C12H22N2O5S. The minimum atomic E-state index is -3.13. The molecule has 7 nitrogen and oxygen atoms in total. The van der Waals surface area contributed by atoms with Gasteiger partial charge >= 0.3 is 12.0 Å². The molecule has 0 atom stereocenters. The summed E-state index contributed by atoms with van der Waals surface area (Å²) in [5, 5.41) is 11.4. The van der Waals surface area contributed by atoms with Gasteiger partial charge in [0.1, 0.15) is 6.54 Å². The van der Waals surface area contributed by atoms with E-state index in [1.54, 1.807) is 6.92 Å². The van der Waals surface area contributed by atoms with Gasteiger partial charge in [-0.15, -0.1) is 0 Å². The van der Waals surface area contributed by atoms with Crippen molar-refractivity contribution in [3.63, 3.8) is 0 Å². The first-order valence-corrected chi connectivity index (χ1v) is 8.64. The number of carboxylic acids is 1. The molecule has 1 fully saturated rings. The Kier molecular flexibility index (Phi) is 6.25. The maximum Gasteiger partial charge on any atom is 0.323 e. The lowest BCUT2D eigenvalue weighted by Crippen LogP contribution is -2.48. The average Bonchev–Trinajstić information content (AvgIpc) is 2.89. The summed E-state index contributed by atoms with van der Waals surface area (Å²) in [6, 6.07) is -0.556. The fourth-order valence-corrected chi connectivity index (χ4v) is 2.99. The molecule has 0 aromatic rings. The lowest BCUT2D eigenvalue weighted by Gasteiger charge is -2.27. The minimum absolute atomic E-state index is 0.0118. The molecule has 0 aromatic heterocycles.